The number of piperidine rings is 1. The first-order chi connectivity index (χ1) is 14.5. The van der Waals surface area contributed by atoms with Gasteiger partial charge >= 0.3 is 0 Å². The van der Waals surface area contributed by atoms with Crippen molar-refractivity contribution in [3.8, 4) is 0 Å². The lowest BCUT2D eigenvalue weighted by Crippen LogP contribution is -2.50. The minimum atomic E-state index is 0.170. The highest BCUT2D eigenvalue weighted by Crippen LogP contribution is 2.22. The smallest absolute Gasteiger partial charge is 0.219 e. The predicted octanol–water partition coefficient (Wildman–Crippen LogP) is 3.04. The van der Waals surface area contributed by atoms with Crippen LogP contribution in [0.5, 0.6) is 0 Å². The second kappa shape index (κ2) is 11.1. The van der Waals surface area contributed by atoms with Gasteiger partial charge in [0.2, 0.25) is 5.91 Å². The number of likely N-dealkylation sites (tertiary alicyclic amines) is 1. The zero-order chi connectivity index (χ0) is 21.5. The Kier molecular flexibility index (Phi) is 8.48. The average molecular weight is 433 g/mol. The quantitative estimate of drug-likeness (QED) is 0.698. The maximum absolute atomic E-state index is 11.7. The monoisotopic (exact) mass is 432 g/mol. The second-order valence-electron chi connectivity index (χ2n) is 8.42. The average Bonchev–Trinajstić information content (AvgIpc) is 2.75. The van der Waals surface area contributed by atoms with Crippen LogP contribution in [0.25, 0.3) is 0 Å². The van der Waals surface area contributed by atoms with Crippen LogP contribution in [-0.2, 0) is 9.53 Å². The fourth-order valence-electron chi connectivity index (χ4n) is 4.31. The number of aryl methyl sites for hydroxylation is 1. The minimum absolute atomic E-state index is 0.170. The van der Waals surface area contributed by atoms with Crippen LogP contribution in [0.15, 0.2) is 18.2 Å². The molecule has 2 aliphatic rings. The van der Waals surface area contributed by atoms with E-state index in [1.165, 1.54) is 11.1 Å². The van der Waals surface area contributed by atoms with Gasteiger partial charge in [-0.3, -0.25) is 9.69 Å². The van der Waals surface area contributed by atoms with E-state index in [2.05, 4.69) is 47.2 Å². The van der Waals surface area contributed by atoms with E-state index >= 15 is 0 Å². The van der Waals surface area contributed by atoms with Crippen LogP contribution in [0.1, 0.15) is 37.3 Å². The van der Waals surface area contributed by atoms with Crippen molar-refractivity contribution in [2.45, 2.75) is 46.1 Å². The molecule has 1 N–H and O–H groups in total. The molecule has 30 heavy (non-hydrogen) atoms. The Labute approximate surface area is 186 Å². The number of benzene rings is 1. The predicted molar refractivity (Wildman–Crippen MR) is 126 cm³/mol. The first-order valence-electron chi connectivity index (χ1n) is 11.1. The molecule has 6 nitrogen and oxygen atoms in total. The van der Waals surface area contributed by atoms with E-state index in [1.54, 1.807) is 6.92 Å². The molecular formula is C23H36N4O2S. The molecule has 2 heterocycles. The topological polar surface area (TPSA) is 48.1 Å². The number of thiocarbonyl (C=S) groups is 1. The van der Waals surface area contributed by atoms with Crippen LogP contribution < -0.4 is 5.32 Å². The van der Waals surface area contributed by atoms with Gasteiger partial charge in [-0.1, -0.05) is 12.1 Å². The third kappa shape index (κ3) is 6.15. The van der Waals surface area contributed by atoms with Crippen molar-refractivity contribution in [1.82, 2.24) is 14.7 Å². The second-order valence-corrected chi connectivity index (χ2v) is 8.80. The molecule has 0 unspecified atom stereocenters. The highest BCUT2D eigenvalue weighted by Gasteiger charge is 2.27. The number of amides is 1. The first kappa shape index (κ1) is 23.0. The number of carbonyl (C=O) groups excluding carboxylic acids is 1. The summed E-state index contributed by atoms with van der Waals surface area (Å²) in [5, 5.41) is 4.31. The maximum Gasteiger partial charge on any atom is 0.219 e. The van der Waals surface area contributed by atoms with Gasteiger partial charge in [-0.2, -0.15) is 0 Å². The van der Waals surface area contributed by atoms with Crippen LogP contribution in [0, 0.1) is 13.8 Å². The summed E-state index contributed by atoms with van der Waals surface area (Å²) in [5.74, 6) is 0.170. The van der Waals surface area contributed by atoms with Gasteiger partial charge in [-0.25, -0.2) is 0 Å². The molecule has 2 saturated heterocycles. The molecule has 1 aromatic carbocycles. The molecule has 166 valence electrons. The van der Waals surface area contributed by atoms with Crippen LogP contribution >= 0.6 is 12.2 Å². The molecule has 0 spiro atoms. The summed E-state index contributed by atoms with van der Waals surface area (Å²) in [7, 11) is 0. The minimum Gasteiger partial charge on any atom is -0.379 e. The lowest BCUT2D eigenvalue weighted by molar-refractivity contribution is -0.130. The molecule has 0 saturated carbocycles. The summed E-state index contributed by atoms with van der Waals surface area (Å²) in [5.41, 5.74) is 3.58. The zero-order valence-corrected chi connectivity index (χ0v) is 19.5. The van der Waals surface area contributed by atoms with Crippen molar-refractivity contribution in [2.24, 2.45) is 0 Å². The fraction of sp³-hybridized carbons (Fsp3) is 0.652. The zero-order valence-electron chi connectivity index (χ0n) is 18.7. The number of nitrogens with zero attached hydrogens (tertiary/aromatic N) is 3. The molecule has 2 aliphatic heterocycles. The van der Waals surface area contributed by atoms with E-state index in [9.17, 15) is 4.79 Å². The Morgan fingerprint density at radius 2 is 1.90 bits per heavy atom. The third-order valence-corrected chi connectivity index (χ3v) is 6.77. The summed E-state index contributed by atoms with van der Waals surface area (Å²) < 4.78 is 5.46. The highest BCUT2D eigenvalue weighted by atomic mass is 32.1. The van der Waals surface area contributed by atoms with Crippen molar-refractivity contribution >= 4 is 28.9 Å². The molecule has 0 bridgehead atoms. The van der Waals surface area contributed by atoms with Crippen LogP contribution in [-0.4, -0.2) is 84.2 Å². The highest BCUT2D eigenvalue weighted by molar-refractivity contribution is 7.80. The first-order valence-corrected chi connectivity index (χ1v) is 11.6. The van der Waals surface area contributed by atoms with Gasteiger partial charge in [-0.05, 0) is 62.5 Å². The number of rotatable bonds is 6. The number of hydrogen-bond acceptors (Lipinski definition) is 4. The summed E-state index contributed by atoms with van der Waals surface area (Å²) in [4.78, 5) is 18.5. The molecule has 0 aliphatic carbocycles. The van der Waals surface area contributed by atoms with Crippen molar-refractivity contribution in [2.75, 3.05) is 57.8 Å². The molecule has 2 fully saturated rings. The van der Waals surface area contributed by atoms with E-state index in [0.717, 1.165) is 82.5 Å². The van der Waals surface area contributed by atoms with Gasteiger partial charge in [0.15, 0.2) is 5.11 Å². The van der Waals surface area contributed by atoms with Crippen molar-refractivity contribution in [1.29, 1.82) is 0 Å². The third-order valence-electron chi connectivity index (χ3n) is 6.43. The van der Waals surface area contributed by atoms with E-state index in [1.807, 2.05) is 4.90 Å². The standard InChI is InChI=1S/C23H36N4O2S/c1-18-6-4-7-22(19(18)2)24-23(30)27(11-5-10-25-14-16-29-17-15-25)21-8-12-26(13-9-21)20(3)28/h4,6-7,21H,5,8-17H2,1-3H3,(H,24,30). The largest absolute Gasteiger partial charge is 0.379 e. The van der Waals surface area contributed by atoms with Crippen LogP contribution in [0.3, 0.4) is 0 Å². The molecule has 7 heteroatoms. The molecule has 1 amide bonds. The van der Waals surface area contributed by atoms with Crippen molar-refractivity contribution in [3.05, 3.63) is 29.3 Å². The van der Waals surface area contributed by atoms with Crippen molar-refractivity contribution < 1.29 is 9.53 Å². The Balaban J connectivity index is 1.64. The summed E-state index contributed by atoms with van der Waals surface area (Å²) in [6, 6.07) is 6.66. The SMILES string of the molecule is CC(=O)N1CCC(N(CCCN2CCOCC2)C(=S)Nc2cccc(C)c2C)CC1. The Hall–Kier alpha value is -1.70. The number of nitrogens with one attached hydrogen (secondary N) is 1. The summed E-state index contributed by atoms with van der Waals surface area (Å²) in [6.45, 7) is 13.2. The van der Waals surface area contributed by atoms with E-state index in [-0.39, 0.29) is 5.91 Å². The molecule has 0 atom stereocenters. The Morgan fingerprint density at radius 3 is 2.57 bits per heavy atom. The van der Waals surface area contributed by atoms with E-state index in [4.69, 9.17) is 17.0 Å². The molecule has 0 radical (unpaired) electrons. The van der Waals surface area contributed by atoms with Gasteiger partial charge in [-0.15, -0.1) is 0 Å². The number of carbonyl (C=O) groups is 1. The normalized spacial score (nSPS) is 18.3. The summed E-state index contributed by atoms with van der Waals surface area (Å²) >= 11 is 5.89. The van der Waals surface area contributed by atoms with E-state index in [0.29, 0.717) is 6.04 Å². The molecule has 3 rings (SSSR count). The van der Waals surface area contributed by atoms with Gasteiger partial charge in [0, 0.05) is 57.9 Å². The van der Waals surface area contributed by atoms with E-state index < -0.39 is 0 Å². The summed E-state index contributed by atoms with van der Waals surface area (Å²) in [6.07, 6.45) is 3.00. The van der Waals surface area contributed by atoms with Gasteiger partial charge in [0.1, 0.15) is 0 Å². The number of ether oxygens (including phenoxy) is 1. The molecule has 1 aromatic rings. The van der Waals surface area contributed by atoms with Crippen LogP contribution in [0.2, 0.25) is 0 Å². The van der Waals surface area contributed by atoms with Gasteiger partial charge in [0.05, 0.1) is 13.2 Å². The number of hydrogen-bond donors (Lipinski definition) is 1. The maximum atomic E-state index is 11.7. The van der Waals surface area contributed by atoms with Gasteiger partial charge < -0.3 is 19.9 Å². The lowest BCUT2D eigenvalue weighted by atomic mass is 10.0. The fourth-order valence-corrected chi connectivity index (χ4v) is 4.66. The Morgan fingerprint density at radius 1 is 1.20 bits per heavy atom. The molecular weight excluding hydrogens is 396 g/mol. The van der Waals surface area contributed by atoms with Crippen LogP contribution in [0.4, 0.5) is 5.69 Å². The number of anilines is 1. The van der Waals surface area contributed by atoms with Crippen molar-refractivity contribution in [3.63, 3.8) is 0 Å². The number of morpholine rings is 1. The molecule has 0 aromatic heterocycles. The Bertz CT molecular complexity index is 728. The lowest BCUT2D eigenvalue weighted by Gasteiger charge is -2.40. The van der Waals surface area contributed by atoms with Gasteiger partial charge in [0.25, 0.3) is 0 Å².